The molecule has 0 aliphatic heterocycles. The molecule has 0 atom stereocenters. The van der Waals surface area contributed by atoms with Crippen LogP contribution in [0, 0.1) is 0 Å². The van der Waals surface area contributed by atoms with Crippen molar-refractivity contribution in [3.8, 4) is 11.4 Å². The summed E-state index contributed by atoms with van der Waals surface area (Å²) in [5, 5.41) is 17.8. The minimum atomic E-state index is 0.110. The van der Waals surface area contributed by atoms with Gasteiger partial charge in [-0.1, -0.05) is 18.2 Å². The summed E-state index contributed by atoms with van der Waals surface area (Å²) in [6, 6.07) is 18.0. The van der Waals surface area contributed by atoms with E-state index in [1.165, 1.54) is 15.0 Å². The Morgan fingerprint density at radius 2 is 1.82 bits per heavy atom. The number of aromatic nitrogens is 3. The van der Waals surface area contributed by atoms with E-state index in [4.69, 9.17) is 21.9 Å². The van der Waals surface area contributed by atoms with Gasteiger partial charge in [0, 0.05) is 22.3 Å². The second-order valence-electron chi connectivity index (χ2n) is 7.41. The van der Waals surface area contributed by atoms with Crippen molar-refractivity contribution in [1.29, 1.82) is 0 Å². The number of nitrogens with two attached hydrogens (primary N) is 3. The highest BCUT2D eigenvalue weighted by Crippen LogP contribution is 2.41. The molecule has 0 amide bonds. The summed E-state index contributed by atoms with van der Waals surface area (Å²) >= 11 is 1.74. The maximum Gasteiger partial charge on any atom is 0.160 e. The van der Waals surface area contributed by atoms with Crippen LogP contribution >= 0.6 is 11.3 Å². The summed E-state index contributed by atoms with van der Waals surface area (Å²) in [4.78, 5) is 1.19. The smallest absolute Gasteiger partial charge is 0.160 e. The third-order valence-electron chi connectivity index (χ3n) is 5.45. The van der Waals surface area contributed by atoms with Crippen molar-refractivity contribution in [2.75, 3.05) is 35.9 Å². The Bertz CT molecular complexity index is 1410. The van der Waals surface area contributed by atoms with Gasteiger partial charge < -0.3 is 26.8 Å². The van der Waals surface area contributed by atoms with Gasteiger partial charge in [0.2, 0.25) is 0 Å². The number of rotatable bonds is 7. The predicted molar refractivity (Wildman–Crippen MR) is 136 cm³/mol. The number of benzene rings is 2. The van der Waals surface area contributed by atoms with Crippen LogP contribution in [-0.2, 0) is 6.54 Å². The lowest BCUT2D eigenvalue weighted by molar-refractivity contribution is 0.329. The van der Waals surface area contributed by atoms with E-state index in [2.05, 4.69) is 39.0 Å². The molecule has 0 radical (unpaired) electrons. The van der Waals surface area contributed by atoms with Gasteiger partial charge in [-0.2, -0.15) is 0 Å². The van der Waals surface area contributed by atoms with E-state index in [1.54, 1.807) is 11.3 Å². The minimum absolute atomic E-state index is 0.110. The molecule has 5 aromatic rings. The lowest BCUT2D eigenvalue weighted by Gasteiger charge is -2.12. The van der Waals surface area contributed by atoms with Crippen LogP contribution in [0.1, 0.15) is 4.88 Å². The molecule has 168 valence electrons. The first kappa shape index (κ1) is 20.9. The van der Waals surface area contributed by atoms with Crippen LogP contribution in [0.3, 0.4) is 0 Å². The fraction of sp³-hybridized carbons (Fsp3) is 0.130. The largest absolute Gasteiger partial charge is 0.479 e. The topological polar surface area (TPSA) is 142 Å². The van der Waals surface area contributed by atoms with E-state index < -0.39 is 0 Å². The maximum atomic E-state index is 6.57. The number of anilines is 4. The minimum Gasteiger partial charge on any atom is -0.479 e. The van der Waals surface area contributed by atoms with Crippen molar-refractivity contribution >= 4 is 55.5 Å². The molecule has 0 spiro atoms. The first-order valence-corrected chi connectivity index (χ1v) is 11.2. The summed E-state index contributed by atoms with van der Waals surface area (Å²) in [6.07, 6.45) is 0. The molecule has 2 aromatic carbocycles. The molecular weight excluding hydrogens is 436 g/mol. The number of hydrogen-bond acceptors (Lipinski definition) is 9. The Balaban J connectivity index is 1.57. The highest BCUT2D eigenvalue weighted by molar-refractivity contribution is 7.19. The highest BCUT2D eigenvalue weighted by atomic mass is 32.1. The summed E-state index contributed by atoms with van der Waals surface area (Å²) < 4.78 is 8.49. The van der Waals surface area contributed by atoms with Crippen molar-refractivity contribution in [1.82, 2.24) is 14.8 Å². The van der Waals surface area contributed by atoms with Crippen molar-refractivity contribution in [2.45, 2.75) is 6.54 Å². The summed E-state index contributed by atoms with van der Waals surface area (Å²) in [5.41, 5.74) is 19.1. The van der Waals surface area contributed by atoms with E-state index in [9.17, 15) is 0 Å². The Labute approximate surface area is 194 Å². The molecule has 10 heteroatoms. The average Bonchev–Trinajstić information content (AvgIpc) is 3.38. The molecule has 0 fully saturated rings. The van der Waals surface area contributed by atoms with Crippen LogP contribution in [0.15, 0.2) is 54.6 Å². The fourth-order valence-electron chi connectivity index (χ4n) is 4.00. The van der Waals surface area contributed by atoms with E-state index in [0.717, 1.165) is 16.9 Å². The molecule has 0 unspecified atom stereocenters. The normalized spacial score (nSPS) is 11.2. The van der Waals surface area contributed by atoms with Gasteiger partial charge in [-0.05, 0) is 41.8 Å². The van der Waals surface area contributed by atoms with Crippen molar-refractivity contribution in [2.24, 2.45) is 5.73 Å². The van der Waals surface area contributed by atoms with Gasteiger partial charge >= 0.3 is 0 Å². The Morgan fingerprint density at radius 3 is 2.55 bits per heavy atom. The molecule has 5 rings (SSSR count). The number of hydrogen-bond donors (Lipinski definition) is 5. The molecule has 0 aliphatic carbocycles. The quantitative estimate of drug-likeness (QED) is 0.231. The highest BCUT2D eigenvalue weighted by Gasteiger charge is 2.22. The predicted octanol–water partition coefficient (Wildman–Crippen LogP) is 3.75. The zero-order valence-electron chi connectivity index (χ0n) is 18.0. The number of ether oxygens (including phenoxy) is 1. The number of nitrogens with zero attached hydrogens (tertiary/aromatic N) is 3. The van der Waals surface area contributed by atoms with Crippen LogP contribution in [-0.4, -0.2) is 28.5 Å². The summed E-state index contributed by atoms with van der Waals surface area (Å²) in [6.45, 7) is 0.714. The van der Waals surface area contributed by atoms with Gasteiger partial charge in [-0.15, -0.1) is 21.5 Å². The number of nitrogens with one attached hydrogen (secondary N) is 2. The monoisotopic (exact) mass is 460 g/mol. The molecule has 0 saturated heterocycles. The number of thiophene rings is 1. The third-order valence-corrected chi connectivity index (χ3v) is 6.56. The van der Waals surface area contributed by atoms with Crippen LogP contribution in [0.25, 0.3) is 26.5 Å². The summed E-state index contributed by atoms with van der Waals surface area (Å²) in [5.74, 6) is 2.79. The molecule has 0 aliphatic rings. The van der Waals surface area contributed by atoms with Crippen molar-refractivity contribution in [3.05, 3.63) is 59.5 Å². The molecule has 0 saturated carbocycles. The summed E-state index contributed by atoms with van der Waals surface area (Å²) in [7, 11) is 1.84. The van der Waals surface area contributed by atoms with Gasteiger partial charge in [0.1, 0.15) is 24.1 Å². The second kappa shape index (κ2) is 8.49. The van der Waals surface area contributed by atoms with Gasteiger partial charge in [0.05, 0.1) is 17.3 Å². The lowest BCUT2D eigenvalue weighted by Crippen LogP contribution is -2.08. The standard InChI is InChI=1S/C23H24N8OS/c1-27-23-19-18(21(26)31(23)14-6-8-15(9-7-14)32-12-24)20(25)29-30-22(19)28-11-16-10-13-4-2-3-5-17(13)33-16/h2-10,27H,11-12,24,26H2,1H3,(H2,25,29)(H,28,30). The van der Waals surface area contributed by atoms with Crippen LogP contribution in [0.4, 0.5) is 23.3 Å². The zero-order chi connectivity index (χ0) is 22.9. The average molecular weight is 461 g/mol. The van der Waals surface area contributed by atoms with Crippen LogP contribution in [0.2, 0.25) is 0 Å². The van der Waals surface area contributed by atoms with Gasteiger partial charge in [-0.25, -0.2) is 0 Å². The molecule has 3 heterocycles. The first-order valence-electron chi connectivity index (χ1n) is 10.4. The second-order valence-corrected chi connectivity index (χ2v) is 8.58. The van der Waals surface area contributed by atoms with Crippen molar-refractivity contribution in [3.63, 3.8) is 0 Å². The van der Waals surface area contributed by atoms with Crippen molar-refractivity contribution < 1.29 is 4.74 Å². The molecule has 8 N–H and O–H groups in total. The Hall–Kier alpha value is -4.02. The Morgan fingerprint density at radius 1 is 1.03 bits per heavy atom. The fourth-order valence-corrected chi connectivity index (χ4v) is 5.00. The lowest BCUT2D eigenvalue weighted by atomic mass is 10.2. The zero-order valence-corrected chi connectivity index (χ0v) is 18.8. The van der Waals surface area contributed by atoms with Gasteiger partial charge in [0.25, 0.3) is 0 Å². The number of nitrogen functional groups attached to an aromatic ring is 2. The van der Waals surface area contributed by atoms with E-state index in [-0.39, 0.29) is 12.5 Å². The number of fused-ring (bicyclic) bond motifs is 2. The van der Waals surface area contributed by atoms with E-state index >= 15 is 0 Å². The maximum absolute atomic E-state index is 6.57. The Kier molecular flexibility index (Phi) is 5.37. The molecule has 3 aromatic heterocycles. The third kappa shape index (κ3) is 3.65. The van der Waals surface area contributed by atoms with Crippen LogP contribution in [0.5, 0.6) is 5.75 Å². The van der Waals surface area contributed by atoms with E-state index in [0.29, 0.717) is 29.3 Å². The van der Waals surface area contributed by atoms with Gasteiger partial charge in [-0.3, -0.25) is 10.3 Å². The molecule has 0 bridgehead atoms. The van der Waals surface area contributed by atoms with E-state index in [1.807, 2.05) is 48.0 Å². The van der Waals surface area contributed by atoms with Gasteiger partial charge in [0.15, 0.2) is 11.6 Å². The first-order chi connectivity index (χ1) is 16.1. The molecule has 9 nitrogen and oxygen atoms in total. The van der Waals surface area contributed by atoms with Crippen LogP contribution < -0.4 is 32.6 Å². The molecular formula is C23H24N8OS. The molecule has 33 heavy (non-hydrogen) atoms. The SMILES string of the molecule is CNc1c2c(NCc3cc4ccccc4s3)nnc(N)c2c(N)n1-c1ccc(OCN)cc1.